The Morgan fingerprint density at radius 3 is 2.29 bits per heavy atom. The van der Waals surface area contributed by atoms with Crippen LogP contribution in [-0.2, 0) is 17.3 Å². The van der Waals surface area contributed by atoms with Gasteiger partial charge in [0.25, 0.3) is 5.91 Å². The average molecular weight is 655 g/mol. The molecule has 1 aromatic heterocycles. The van der Waals surface area contributed by atoms with E-state index >= 15 is 0 Å². The quantitative estimate of drug-likeness (QED) is 0.152. The molecule has 0 aliphatic heterocycles. The van der Waals surface area contributed by atoms with Crippen LogP contribution in [0.15, 0.2) is 53.0 Å². The second-order valence-corrected chi connectivity index (χ2v) is 11.0. The zero-order valence-corrected chi connectivity index (χ0v) is 25.0. The molecular formula is C29H31BrF4N4O4. The van der Waals surface area contributed by atoms with Crippen LogP contribution in [0.2, 0.25) is 0 Å². The topological polar surface area (TPSA) is 102 Å². The van der Waals surface area contributed by atoms with Crippen LogP contribution in [0.4, 0.5) is 39.4 Å². The third-order valence-corrected chi connectivity index (χ3v) is 6.36. The maximum atomic E-state index is 13.6. The monoisotopic (exact) mass is 654 g/mol. The lowest BCUT2D eigenvalue weighted by molar-refractivity contribution is -0.137. The molecule has 1 heterocycles. The predicted octanol–water partition coefficient (Wildman–Crippen LogP) is 7.85. The van der Waals surface area contributed by atoms with E-state index in [9.17, 15) is 27.2 Å². The summed E-state index contributed by atoms with van der Waals surface area (Å²) in [7, 11) is 1.43. The van der Waals surface area contributed by atoms with Crippen molar-refractivity contribution in [2.24, 2.45) is 0 Å². The van der Waals surface area contributed by atoms with E-state index in [1.165, 1.54) is 31.4 Å². The molecule has 0 unspecified atom stereocenters. The number of nitrogens with zero attached hydrogens (tertiary/aromatic N) is 1. The summed E-state index contributed by atoms with van der Waals surface area (Å²) in [5.74, 6) is -1.04. The first kappa shape index (κ1) is 32.6. The molecule has 3 N–H and O–H groups in total. The fourth-order valence-corrected chi connectivity index (χ4v) is 4.21. The van der Waals surface area contributed by atoms with E-state index in [0.29, 0.717) is 41.7 Å². The Balaban J connectivity index is 1.81. The Hall–Kier alpha value is -3.87. The molecule has 0 atom stereocenters. The van der Waals surface area contributed by atoms with Crippen LogP contribution in [-0.4, -0.2) is 36.2 Å². The molecule has 0 aliphatic carbocycles. The zero-order chi connectivity index (χ0) is 31.1. The van der Waals surface area contributed by atoms with Gasteiger partial charge in [0.2, 0.25) is 5.88 Å². The number of methoxy groups -OCH3 is 1. The van der Waals surface area contributed by atoms with Gasteiger partial charge in [-0.2, -0.15) is 13.2 Å². The number of pyridine rings is 1. The number of halogens is 5. The molecule has 0 radical (unpaired) electrons. The van der Waals surface area contributed by atoms with Gasteiger partial charge in [-0.05, 0) is 98.4 Å². The summed E-state index contributed by atoms with van der Waals surface area (Å²) in [6.07, 6.45) is -3.72. The molecule has 3 aromatic rings. The van der Waals surface area contributed by atoms with Gasteiger partial charge in [-0.25, -0.2) is 14.2 Å². The number of aromatic nitrogens is 1. The summed E-state index contributed by atoms with van der Waals surface area (Å²) in [6.45, 7) is 5.63. The first-order chi connectivity index (χ1) is 19.7. The number of ether oxygens (including phenoxy) is 2. The van der Waals surface area contributed by atoms with Gasteiger partial charge >= 0.3 is 12.3 Å². The molecule has 2 amide bonds. The number of anilines is 3. The maximum Gasteiger partial charge on any atom is 0.416 e. The van der Waals surface area contributed by atoms with Crippen molar-refractivity contribution >= 4 is 45.0 Å². The number of nitrogens with one attached hydrogen (secondary N) is 3. The van der Waals surface area contributed by atoms with Gasteiger partial charge in [0.05, 0.1) is 41.0 Å². The molecule has 13 heteroatoms. The number of hydrogen-bond donors (Lipinski definition) is 3. The molecule has 42 heavy (non-hydrogen) atoms. The predicted molar refractivity (Wildman–Crippen MR) is 155 cm³/mol. The van der Waals surface area contributed by atoms with E-state index in [1.807, 2.05) is 0 Å². The summed E-state index contributed by atoms with van der Waals surface area (Å²) < 4.78 is 64.9. The Morgan fingerprint density at radius 2 is 1.64 bits per heavy atom. The lowest BCUT2D eigenvalue weighted by Crippen LogP contribution is -2.33. The van der Waals surface area contributed by atoms with E-state index in [-0.39, 0.29) is 22.8 Å². The minimum Gasteiger partial charge on any atom is -0.481 e. The molecule has 0 fully saturated rings. The van der Waals surface area contributed by atoms with Crippen LogP contribution in [0.3, 0.4) is 0 Å². The summed E-state index contributed by atoms with van der Waals surface area (Å²) in [4.78, 5) is 29.6. The highest BCUT2D eigenvalue weighted by atomic mass is 79.9. The van der Waals surface area contributed by atoms with Gasteiger partial charge < -0.3 is 25.4 Å². The highest BCUT2D eigenvalue weighted by Gasteiger charge is 2.32. The van der Waals surface area contributed by atoms with Gasteiger partial charge in [0.15, 0.2) is 0 Å². The second-order valence-electron chi connectivity index (χ2n) is 10.2. The van der Waals surface area contributed by atoms with E-state index < -0.39 is 35.2 Å². The third kappa shape index (κ3) is 9.61. The van der Waals surface area contributed by atoms with E-state index in [2.05, 4.69) is 36.9 Å². The molecular weight excluding hydrogens is 624 g/mol. The standard InChI is InChI=1S/C29H31BrF4N4O4/c1-28(2,3)42-27(40)35-14-6-5-7-23-24(12-13-25(37-23)41-4)38-26(39)19-15-17(29(32,33)34)8-10-21(19)36-22-11-9-18(31)16-20(22)30/h8-13,15-16,36H,5-7,14H2,1-4H3,(H,35,40)(H,38,39). The normalized spacial score (nSPS) is 11.5. The number of alkyl halides is 3. The number of rotatable bonds is 10. The van der Waals surface area contributed by atoms with Gasteiger partial charge in [0.1, 0.15) is 11.4 Å². The lowest BCUT2D eigenvalue weighted by atomic mass is 10.1. The fourth-order valence-electron chi connectivity index (χ4n) is 3.76. The number of amides is 2. The Morgan fingerprint density at radius 1 is 0.952 bits per heavy atom. The Bertz CT molecular complexity index is 1430. The first-order valence-electron chi connectivity index (χ1n) is 12.9. The molecule has 0 bridgehead atoms. The number of unbranched alkanes of at least 4 members (excludes halogenated alkanes) is 1. The summed E-state index contributed by atoms with van der Waals surface area (Å²) in [5.41, 5.74) is -0.769. The molecule has 8 nitrogen and oxygen atoms in total. The van der Waals surface area contributed by atoms with Gasteiger partial charge in [-0.1, -0.05) is 0 Å². The summed E-state index contributed by atoms with van der Waals surface area (Å²) in [5, 5.41) is 8.23. The van der Waals surface area contributed by atoms with Gasteiger partial charge in [-0.15, -0.1) is 0 Å². The number of carbonyl (C=O) groups is 2. The Labute approximate surface area is 249 Å². The van der Waals surface area contributed by atoms with Crippen LogP contribution in [0.5, 0.6) is 5.88 Å². The molecule has 226 valence electrons. The van der Waals surface area contributed by atoms with Crippen molar-refractivity contribution in [2.45, 2.75) is 51.8 Å². The van der Waals surface area contributed by atoms with Crippen LogP contribution in [0.1, 0.15) is 55.2 Å². The SMILES string of the molecule is COc1ccc(NC(=O)c2cc(C(F)(F)F)ccc2Nc2ccc(F)cc2Br)c(CCCCNC(=O)OC(C)(C)C)n1. The summed E-state index contributed by atoms with van der Waals surface area (Å²) in [6, 6.07) is 9.55. The minimum absolute atomic E-state index is 0.0732. The third-order valence-electron chi connectivity index (χ3n) is 5.71. The van der Waals surface area contributed by atoms with Crippen molar-refractivity contribution in [3.8, 4) is 5.88 Å². The van der Waals surface area contributed by atoms with Crippen LogP contribution in [0, 0.1) is 5.82 Å². The van der Waals surface area contributed by atoms with Crippen molar-refractivity contribution in [1.82, 2.24) is 10.3 Å². The number of alkyl carbamates (subject to hydrolysis) is 1. The van der Waals surface area contributed by atoms with Gasteiger partial charge in [-0.3, -0.25) is 4.79 Å². The van der Waals surface area contributed by atoms with Crippen molar-refractivity contribution < 1.29 is 36.6 Å². The van der Waals surface area contributed by atoms with Crippen molar-refractivity contribution in [2.75, 3.05) is 24.3 Å². The fraction of sp³-hybridized carbons (Fsp3) is 0.345. The summed E-state index contributed by atoms with van der Waals surface area (Å²) >= 11 is 3.21. The number of hydrogen-bond acceptors (Lipinski definition) is 6. The van der Waals surface area contributed by atoms with E-state index in [1.54, 1.807) is 26.8 Å². The van der Waals surface area contributed by atoms with Crippen molar-refractivity contribution in [3.05, 3.63) is 75.6 Å². The van der Waals surface area contributed by atoms with Crippen molar-refractivity contribution in [1.29, 1.82) is 0 Å². The van der Waals surface area contributed by atoms with E-state index in [4.69, 9.17) is 9.47 Å². The lowest BCUT2D eigenvalue weighted by Gasteiger charge is -2.19. The minimum atomic E-state index is -4.69. The molecule has 3 rings (SSSR count). The number of carbonyl (C=O) groups excluding carboxylic acids is 2. The molecule has 0 saturated heterocycles. The maximum absolute atomic E-state index is 13.6. The zero-order valence-electron chi connectivity index (χ0n) is 23.4. The van der Waals surface area contributed by atoms with Crippen LogP contribution >= 0.6 is 15.9 Å². The van der Waals surface area contributed by atoms with Crippen LogP contribution in [0.25, 0.3) is 0 Å². The first-order valence-corrected chi connectivity index (χ1v) is 13.7. The number of aryl methyl sites for hydroxylation is 1. The van der Waals surface area contributed by atoms with Crippen LogP contribution < -0.4 is 20.7 Å². The molecule has 2 aromatic carbocycles. The van der Waals surface area contributed by atoms with Crippen molar-refractivity contribution in [3.63, 3.8) is 0 Å². The van der Waals surface area contributed by atoms with Gasteiger partial charge in [0, 0.05) is 17.1 Å². The smallest absolute Gasteiger partial charge is 0.416 e. The largest absolute Gasteiger partial charge is 0.481 e. The molecule has 0 saturated carbocycles. The molecule has 0 spiro atoms. The van der Waals surface area contributed by atoms with E-state index in [0.717, 1.165) is 18.2 Å². The Kier molecular flexibility index (Phi) is 10.8. The highest BCUT2D eigenvalue weighted by molar-refractivity contribution is 9.10. The number of benzene rings is 2. The second kappa shape index (κ2) is 13.9. The average Bonchev–Trinajstić information content (AvgIpc) is 2.89. The molecule has 0 aliphatic rings. The highest BCUT2D eigenvalue weighted by Crippen LogP contribution is 2.35.